The lowest BCUT2D eigenvalue weighted by Gasteiger charge is -2.35. The summed E-state index contributed by atoms with van der Waals surface area (Å²) in [4.78, 5) is 4.55. The van der Waals surface area contributed by atoms with Crippen LogP contribution in [0, 0.1) is 6.42 Å². The zero-order valence-corrected chi connectivity index (χ0v) is 8.98. The van der Waals surface area contributed by atoms with Crippen LogP contribution in [0.1, 0.15) is 26.2 Å². The van der Waals surface area contributed by atoms with Gasteiger partial charge in [0, 0.05) is 25.0 Å². The highest BCUT2D eigenvalue weighted by Crippen LogP contribution is 2.27. The summed E-state index contributed by atoms with van der Waals surface area (Å²) in [5.74, 6) is 0. The quantitative estimate of drug-likeness (QED) is 0.680. The van der Waals surface area contributed by atoms with Gasteiger partial charge in [-0.1, -0.05) is 0 Å². The van der Waals surface area contributed by atoms with Crippen LogP contribution >= 0.6 is 0 Å². The van der Waals surface area contributed by atoms with E-state index in [-0.39, 0.29) is 6.10 Å². The lowest BCUT2D eigenvalue weighted by Crippen LogP contribution is -2.40. The summed E-state index contributed by atoms with van der Waals surface area (Å²) in [5, 5.41) is 9.61. The molecule has 1 unspecified atom stereocenters. The molecule has 1 N–H and O–H groups in total. The number of hydrogen-bond donors (Lipinski definition) is 1. The van der Waals surface area contributed by atoms with Gasteiger partial charge in [-0.15, -0.1) is 0 Å². The topological polar surface area (TPSA) is 26.7 Å². The van der Waals surface area contributed by atoms with Gasteiger partial charge in [-0.3, -0.25) is 0 Å². The van der Waals surface area contributed by atoms with E-state index in [1.54, 1.807) is 0 Å². The zero-order valence-electron chi connectivity index (χ0n) is 8.98. The minimum Gasteiger partial charge on any atom is -0.393 e. The molecular weight excluding hydrogens is 176 g/mol. The highest BCUT2D eigenvalue weighted by molar-refractivity contribution is 5.08. The largest absolute Gasteiger partial charge is 0.393 e. The van der Waals surface area contributed by atoms with Crippen molar-refractivity contribution < 1.29 is 5.11 Å². The van der Waals surface area contributed by atoms with Crippen molar-refractivity contribution in [3.05, 3.63) is 18.3 Å². The molecule has 1 heterocycles. The summed E-state index contributed by atoms with van der Waals surface area (Å²) >= 11 is 0. The second kappa shape index (κ2) is 3.81. The highest BCUT2D eigenvalue weighted by Gasteiger charge is 2.28. The van der Waals surface area contributed by atoms with Gasteiger partial charge in [-0.2, -0.15) is 0 Å². The molecule has 1 aliphatic heterocycles. The first-order chi connectivity index (χ1) is 6.66. The molecule has 0 spiro atoms. The number of rotatable bonds is 1. The standard InChI is InChI=1S/C11H19N2O/c1-9-7-12(2)8-13(9)10-4-3-5-11(14)6-10/h4,7,10-11,14H,3,5-6,8H2,1-2H3/t10?,11-/m1/s1. The molecule has 0 saturated heterocycles. The smallest absolute Gasteiger partial charge is 0.0896 e. The third-order valence-corrected chi connectivity index (χ3v) is 3.09. The SMILES string of the molecule is CC1=CN(C)CN1C1[CH]CC[C@@H](O)C1. The van der Waals surface area contributed by atoms with Gasteiger partial charge in [-0.25, -0.2) is 0 Å². The van der Waals surface area contributed by atoms with Gasteiger partial charge < -0.3 is 14.9 Å². The average molecular weight is 195 g/mol. The van der Waals surface area contributed by atoms with E-state index >= 15 is 0 Å². The first-order valence-corrected chi connectivity index (χ1v) is 5.33. The van der Waals surface area contributed by atoms with Crippen molar-refractivity contribution in [2.75, 3.05) is 13.7 Å². The van der Waals surface area contributed by atoms with E-state index in [0.29, 0.717) is 6.04 Å². The van der Waals surface area contributed by atoms with Crippen LogP contribution in [0.2, 0.25) is 0 Å². The zero-order chi connectivity index (χ0) is 10.1. The van der Waals surface area contributed by atoms with E-state index in [1.165, 1.54) is 5.70 Å². The Bertz CT molecular complexity index is 239. The maximum Gasteiger partial charge on any atom is 0.0896 e. The molecule has 0 amide bonds. The molecular formula is C11H19N2O. The van der Waals surface area contributed by atoms with Crippen molar-refractivity contribution in [3.63, 3.8) is 0 Å². The monoisotopic (exact) mass is 195 g/mol. The first-order valence-electron chi connectivity index (χ1n) is 5.33. The third-order valence-electron chi connectivity index (χ3n) is 3.09. The maximum atomic E-state index is 9.61. The van der Waals surface area contributed by atoms with E-state index in [1.807, 2.05) is 0 Å². The lowest BCUT2D eigenvalue weighted by atomic mass is 9.92. The van der Waals surface area contributed by atoms with Crippen LogP contribution in [-0.2, 0) is 0 Å². The molecule has 0 aromatic carbocycles. The van der Waals surface area contributed by atoms with Gasteiger partial charge in [0.2, 0.25) is 0 Å². The van der Waals surface area contributed by atoms with Crippen LogP contribution in [0.4, 0.5) is 0 Å². The maximum absolute atomic E-state index is 9.61. The Morgan fingerprint density at radius 1 is 1.50 bits per heavy atom. The molecule has 14 heavy (non-hydrogen) atoms. The second-order valence-corrected chi connectivity index (χ2v) is 4.41. The Kier molecular flexibility index (Phi) is 2.68. The Balaban J connectivity index is 1.98. The van der Waals surface area contributed by atoms with Crippen LogP contribution in [0.25, 0.3) is 0 Å². The van der Waals surface area contributed by atoms with Gasteiger partial charge >= 0.3 is 0 Å². The Morgan fingerprint density at radius 3 is 2.86 bits per heavy atom. The van der Waals surface area contributed by atoms with E-state index in [9.17, 15) is 5.11 Å². The average Bonchev–Trinajstić information content (AvgIpc) is 2.45. The molecule has 1 fully saturated rings. The molecule has 1 saturated carbocycles. The summed E-state index contributed by atoms with van der Waals surface area (Å²) in [6.07, 6.45) is 7.25. The predicted octanol–water partition coefficient (Wildman–Crippen LogP) is 1.17. The molecule has 1 radical (unpaired) electrons. The molecule has 3 heteroatoms. The first kappa shape index (κ1) is 9.84. The molecule has 3 nitrogen and oxygen atoms in total. The third kappa shape index (κ3) is 1.87. The number of aliphatic hydroxyl groups excluding tert-OH is 1. The number of hydrogen-bond acceptors (Lipinski definition) is 3. The van der Waals surface area contributed by atoms with E-state index in [0.717, 1.165) is 25.9 Å². The molecule has 2 atom stereocenters. The minimum absolute atomic E-state index is 0.108. The lowest BCUT2D eigenvalue weighted by molar-refractivity contribution is 0.0937. The Labute approximate surface area is 86.0 Å². The van der Waals surface area contributed by atoms with E-state index < -0.39 is 0 Å². The van der Waals surface area contributed by atoms with Crippen LogP contribution in [0.5, 0.6) is 0 Å². The summed E-state index contributed by atoms with van der Waals surface area (Å²) in [7, 11) is 2.09. The van der Waals surface area contributed by atoms with Crippen molar-refractivity contribution in [1.82, 2.24) is 9.80 Å². The summed E-state index contributed by atoms with van der Waals surface area (Å²) in [5.41, 5.74) is 1.31. The second-order valence-electron chi connectivity index (χ2n) is 4.41. The molecule has 2 rings (SSSR count). The van der Waals surface area contributed by atoms with E-state index in [2.05, 4.69) is 36.4 Å². The van der Waals surface area contributed by atoms with Crippen LogP contribution in [0.15, 0.2) is 11.9 Å². The Morgan fingerprint density at radius 2 is 2.29 bits per heavy atom. The van der Waals surface area contributed by atoms with Crippen molar-refractivity contribution in [2.24, 2.45) is 0 Å². The Hall–Kier alpha value is -0.700. The molecule has 0 bridgehead atoms. The van der Waals surface area contributed by atoms with Gasteiger partial charge in [0.1, 0.15) is 0 Å². The number of allylic oxidation sites excluding steroid dienone is 1. The van der Waals surface area contributed by atoms with Crippen LogP contribution in [-0.4, -0.2) is 40.8 Å². The van der Waals surface area contributed by atoms with Crippen molar-refractivity contribution in [3.8, 4) is 0 Å². The molecule has 0 aromatic rings. The van der Waals surface area contributed by atoms with Crippen molar-refractivity contribution in [1.29, 1.82) is 0 Å². The fraction of sp³-hybridized carbons (Fsp3) is 0.727. The summed E-state index contributed by atoms with van der Waals surface area (Å²) < 4.78 is 0. The van der Waals surface area contributed by atoms with Crippen LogP contribution < -0.4 is 0 Å². The summed E-state index contributed by atoms with van der Waals surface area (Å²) in [6.45, 7) is 3.10. The van der Waals surface area contributed by atoms with Gasteiger partial charge in [0.05, 0.1) is 12.8 Å². The van der Waals surface area contributed by atoms with E-state index in [4.69, 9.17) is 0 Å². The molecule has 79 valence electrons. The van der Waals surface area contributed by atoms with Crippen molar-refractivity contribution in [2.45, 2.75) is 38.3 Å². The fourth-order valence-corrected chi connectivity index (χ4v) is 2.38. The van der Waals surface area contributed by atoms with Crippen molar-refractivity contribution >= 4 is 0 Å². The van der Waals surface area contributed by atoms with Gasteiger partial charge in [0.15, 0.2) is 0 Å². The summed E-state index contributed by atoms with van der Waals surface area (Å²) in [6, 6.07) is 0.431. The highest BCUT2D eigenvalue weighted by atomic mass is 16.3. The fourth-order valence-electron chi connectivity index (χ4n) is 2.38. The predicted molar refractivity (Wildman–Crippen MR) is 56.2 cm³/mol. The molecule has 0 aromatic heterocycles. The minimum atomic E-state index is -0.108. The normalized spacial score (nSPS) is 33.5. The number of aliphatic hydroxyl groups is 1. The number of nitrogens with zero attached hydrogens (tertiary/aromatic N) is 2. The molecule has 1 aliphatic carbocycles. The van der Waals surface area contributed by atoms with Gasteiger partial charge in [-0.05, 0) is 32.6 Å². The van der Waals surface area contributed by atoms with Crippen LogP contribution in [0.3, 0.4) is 0 Å². The van der Waals surface area contributed by atoms with Gasteiger partial charge in [0.25, 0.3) is 0 Å². The molecule has 2 aliphatic rings.